The first-order valence-electron chi connectivity index (χ1n) is 7.79. The summed E-state index contributed by atoms with van der Waals surface area (Å²) in [5, 5.41) is 7.97. The van der Waals surface area contributed by atoms with Crippen molar-refractivity contribution in [2.75, 3.05) is 5.32 Å². The van der Waals surface area contributed by atoms with E-state index >= 15 is 0 Å². The van der Waals surface area contributed by atoms with Crippen LogP contribution in [0.4, 0.5) is 5.69 Å². The number of rotatable bonds is 4. The van der Waals surface area contributed by atoms with Gasteiger partial charge in [-0.1, -0.05) is 48.0 Å². The Kier molecular flexibility index (Phi) is 5.83. The summed E-state index contributed by atoms with van der Waals surface area (Å²) in [7, 11) is 0. The van der Waals surface area contributed by atoms with Gasteiger partial charge in [0.05, 0.1) is 18.3 Å². The standard InChI is InChI=1S/C18H16ClN5OS/c19-15-7-4-8-16(9-15)21-18(26)23-22-17(25)14-10-20-24(12-14)11-13-5-2-1-3-6-13/h1-10,12H,11H2,(H,22,25)(H2,21,23,26). The number of hydrogen-bond donors (Lipinski definition) is 3. The molecule has 3 rings (SSSR count). The van der Waals surface area contributed by atoms with E-state index in [1.807, 2.05) is 36.4 Å². The predicted molar refractivity (Wildman–Crippen MR) is 106 cm³/mol. The van der Waals surface area contributed by atoms with Crippen molar-refractivity contribution in [2.45, 2.75) is 6.54 Å². The summed E-state index contributed by atoms with van der Waals surface area (Å²) in [6, 6.07) is 17.0. The minimum absolute atomic E-state index is 0.247. The van der Waals surface area contributed by atoms with Gasteiger partial charge >= 0.3 is 0 Å². The highest BCUT2D eigenvalue weighted by molar-refractivity contribution is 7.80. The van der Waals surface area contributed by atoms with Gasteiger partial charge in [-0.05, 0) is 36.0 Å². The normalized spacial score (nSPS) is 10.2. The van der Waals surface area contributed by atoms with E-state index in [9.17, 15) is 4.79 Å². The molecule has 0 saturated heterocycles. The van der Waals surface area contributed by atoms with Gasteiger partial charge in [-0.25, -0.2) is 0 Å². The molecule has 0 aliphatic heterocycles. The summed E-state index contributed by atoms with van der Waals surface area (Å²) in [6.07, 6.45) is 3.19. The van der Waals surface area contributed by atoms with Crippen LogP contribution in [0.15, 0.2) is 67.0 Å². The third-order valence-corrected chi connectivity index (χ3v) is 3.89. The van der Waals surface area contributed by atoms with E-state index in [2.05, 4.69) is 21.3 Å². The first-order chi connectivity index (χ1) is 12.6. The van der Waals surface area contributed by atoms with E-state index in [1.54, 1.807) is 29.1 Å². The van der Waals surface area contributed by atoms with E-state index in [-0.39, 0.29) is 11.0 Å². The topological polar surface area (TPSA) is 71.0 Å². The number of aromatic nitrogens is 2. The maximum Gasteiger partial charge on any atom is 0.272 e. The van der Waals surface area contributed by atoms with Gasteiger partial charge in [-0.3, -0.25) is 20.3 Å². The SMILES string of the molecule is O=C(NNC(=S)Nc1cccc(Cl)c1)c1cnn(Cc2ccccc2)c1. The lowest BCUT2D eigenvalue weighted by atomic mass is 10.2. The molecule has 0 bridgehead atoms. The zero-order chi connectivity index (χ0) is 18.4. The predicted octanol–water partition coefficient (Wildman–Crippen LogP) is 3.22. The van der Waals surface area contributed by atoms with Crippen LogP contribution in [-0.2, 0) is 6.54 Å². The summed E-state index contributed by atoms with van der Waals surface area (Å²) >= 11 is 11.1. The van der Waals surface area contributed by atoms with Gasteiger partial charge in [0.15, 0.2) is 5.11 Å². The third kappa shape index (κ3) is 5.05. The molecule has 0 aliphatic carbocycles. The maximum absolute atomic E-state index is 12.2. The molecule has 6 nitrogen and oxygen atoms in total. The molecule has 0 unspecified atom stereocenters. The second-order valence-corrected chi connectivity index (χ2v) is 6.30. The molecule has 0 spiro atoms. The van der Waals surface area contributed by atoms with Gasteiger partial charge in [-0.2, -0.15) is 5.10 Å². The van der Waals surface area contributed by atoms with E-state index in [1.165, 1.54) is 6.20 Å². The average molecular weight is 386 g/mol. The fourth-order valence-corrected chi connectivity index (χ4v) is 2.61. The molecule has 2 aromatic carbocycles. The van der Waals surface area contributed by atoms with Crippen molar-refractivity contribution in [3.63, 3.8) is 0 Å². The number of halogens is 1. The van der Waals surface area contributed by atoms with Gasteiger partial charge < -0.3 is 5.32 Å². The van der Waals surface area contributed by atoms with Crippen LogP contribution in [0.3, 0.4) is 0 Å². The first-order valence-corrected chi connectivity index (χ1v) is 8.58. The van der Waals surface area contributed by atoms with E-state index in [4.69, 9.17) is 23.8 Å². The highest BCUT2D eigenvalue weighted by Crippen LogP contribution is 2.14. The molecule has 0 fully saturated rings. The Labute approximate surface area is 161 Å². The fourth-order valence-electron chi connectivity index (χ4n) is 2.25. The molecule has 1 heterocycles. The zero-order valence-electron chi connectivity index (χ0n) is 13.6. The number of nitrogens with one attached hydrogen (secondary N) is 3. The molecule has 8 heteroatoms. The second kappa shape index (κ2) is 8.46. The van der Waals surface area contributed by atoms with Crippen LogP contribution in [0, 0.1) is 0 Å². The summed E-state index contributed by atoms with van der Waals surface area (Å²) in [5.41, 5.74) is 7.44. The highest BCUT2D eigenvalue weighted by atomic mass is 35.5. The monoisotopic (exact) mass is 385 g/mol. The smallest absolute Gasteiger partial charge is 0.272 e. The van der Waals surface area contributed by atoms with Crippen molar-refractivity contribution in [2.24, 2.45) is 0 Å². The molecule has 0 atom stereocenters. The Bertz CT molecular complexity index is 913. The van der Waals surface area contributed by atoms with Gasteiger partial charge in [0.2, 0.25) is 0 Å². The highest BCUT2D eigenvalue weighted by Gasteiger charge is 2.09. The van der Waals surface area contributed by atoms with Crippen LogP contribution in [0.25, 0.3) is 0 Å². The van der Waals surface area contributed by atoms with Crippen molar-refractivity contribution in [3.8, 4) is 0 Å². The molecule has 26 heavy (non-hydrogen) atoms. The number of nitrogens with zero attached hydrogens (tertiary/aromatic N) is 2. The zero-order valence-corrected chi connectivity index (χ0v) is 15.2. The minimum atomic E-state index is -0.334. The molecule has 1 amide bonds. The summed E-state index contributed by atoms with van der Waals surface area (Å²) in [6.45, 7) is 0.594. The number of thiocarbonyl (C=S) groups is 1. The van der Waals surface area contributed by atoms with Crippen LogP contribution in [0.5, 0.6) is 0 Å². The van der Waals surface area contributed by atoms with Gasteiger partial charge in [0.1, 0.15) is 0 Å². The number of amides is 1. The Hall–Kier alpha value is -2.90. The first kappa shape index (κ1) is 17.9. The van der Waals surface area contributed by atoms with Crippen LogP contribution in [-0.4, -0.2) is 20.8 Å². The van der Waals surface area contributed by atoms with Crippen molar-refractivity contribution in [1.82, 2.24) is 20.6 Å². The Morgan fingerprint density at radius 2 is 1.92 bits per heavy atom. The fraction of sp³-hybridized carbons (Fsp3) is 0.0556. The number of anilines is 1. The molecular formula is C18H16ClN5OS. The van der Waals surface area contributed by atoms with E-state index in [0.29, 0.717) is 17.1 Å². The van der Waals surface area contributed by atoms with Crippen molar-refractivity contribution < 1.29 is 4.79 Å². The van der Waals surface area contributed by atoms with Gasteiger partial charge in [0.25, 0.3) is 5.91 Å². The van der Waals surface area contributed by atoms with Crippen LogP contribution in [0.2, 0.25) is 5.02 Å². The molecule has 0 aliphatic rings. The Morgan fingerprint density at radius 3 is 2.69 bits per heavy atom. The molecular weight excluding hydrogens is 370 g/mol. The number of carbonyl (C=O) groups excluding carboxylic acids is 1. The molecule has 3 aromatic rings. The van der Waals surface area contributed by atoms with Crippen molar-refractivity contribution in [1.29, 1.82) is 0 Å². The van der Waals surface area contributed by atoms with Crippen molar-refractivity contribution >= 4 is 40.5 Å². The molecule has 3 N–H and O–H groups in total. The lowest BCUT2D eigenvalue weighted by Crippen LogP contribution is -2.43. The average Bonchev–Trinajstić information content (AvgIpc) is 3.09. The number of hydrogen-bond acceptors (Lipinski definition) is 3. The van der Waals surface area contributed by atoms with Crippen LogP contribution >= 0.6 is 23.8 Å². The third-order valence-electron chi connectivity index (χ3n) is 3.45. The van der Waals surface area contributed by atoms with Crippen LogP contribution in [0.1, 0.15) is 15.9 Å². The van der Waals surface area contributed by atoms with Crippen LogP contribution < -0.4 is 16.2 Å². The lowest BCUT2D eigenvalue weighted by Gasteiger charge is -2.11. The largest absolute Gasteiger partial charge is 0.331 e. The lowest BCUT2D eigenvalue weighted by molar-refractivity contribution is 0.0944. The van der Waals surface area contributed by atoms with E-state index in [0.717, 1.165) is 11.3 Å². The van der Waals surface area contributed by atoms with Gasteiger partial charge in [0, 0.05) is 16.9 Å². The molecule has 132 valence electrons. The number of benzene rings is 2. The second-order valence-electron chi connectivity index (χ2n) is 5.46. The minimum Gasteiger partial charge on any atom is -0.331 e. The molecule has 0 saturated carbocycles. The number of carbonyl (C=O) groups is 1. The Morgan fingerprint density at radius 1 is 1.12 bits per heavy atom. The summed E-state index contributed by atoms with van der Waals surface area (Å²) in [5.74, 6) is -0.334. The number of hydrazine groups is 1. The van der Waals surface area contributed by atoms with Gasteiger partial charge in [-0.15, -0.1) is 0 Å². The van der Waals surface area contributed by atoms with E-state index < -0.39 is 0 Å². The summed E-state index contributed by atoms with van der Waals surface area (Å²) in [4.78, 5) is 12.2. The van der Waals surface area contributed by atoms with Crippen molar-refractivity contribution in [3.05, 3.63) is 83.1 Å². The summed E-state index contributed by atoms with van der Waals surface area (Å²) < 4.78 is 1.70. The Balaban J connectivity index is 1.51. The molecule has 1 aromatic heterocycles. The molecule has 0 radical (unpaired) electrons. The quantitative estimate of drug-likeness (QED) is 0.475. The maximum atomic E-state index is 12.2.